The molecule has 0 heterocycles. The van der Waals surface area contributed by atoms with E-state index in [2.05, 4.69) is 29.6 Å². The highest BCUT2D eigenvalue weighted by atomic mass is 19.4. The summed E-state index contributed by atoms with van der Waals surface area (Å²) in [4.78, 5) is 0. The molecule has 164 valence electrons. The molecule has 0 amide bonds. The third-order valence-corrected chi connectivity index (χ3v) is 6.59. The second-order valence-corrected chi connectivity index (χ2v) is 8.62. The topological polar surface area (TPSA) is 9.23 Å². The second-order valence-electron chi connectivity index (χ2n) is 8.62. The van der Waals surface area contributed by atoms with Crippen molar-refractivity contribution in [3.05, 3.63) is 41.7 Å². The Balaban J connectivity index is 1.46. The summed E-state index contributed by atoms with van der Waals surface area (Å²) in [7, 11) is 0. The minimum Gasteiger partial charge on any atom is -0.403 e. The first-order chi connectivity index (χ1) is 14.3. The van der Waals surface area contributed by atoms with Crippen LogP contribution in [0, 0.1) is 35.4 Å². The zero-order valence-corrected chi connectivity index (χ0v) is 17.5. The first kappa shape index (κ1) is 22.7. The van der Waals surface area contributed by atoms with Gasteiger partial charge in [-0.2, -0.15) is 0 Å². The molecule has 0 aliphatic heterocycles. The lowest BCUT2D eigenvalue weighted by molar-refractivity contribution is -0.275. The normalized spacial score (nSPS) is 27.5. The molecule has 5 heteroatoms. The Kier molecular flexibility index (Phi) is 7.86. The monoisotopic (exact) mass is 422 g/mol. The Morgan fingerprint density at radius 1 is 1.03 bits per heavy atom. The third kappa shape index (κ3) is 6.79. The van der Waals surface area contributed by atoms with Gasteiger partial charge >= 0.3 is 6.36 Å². The Morgan fingerprint density at radius 3 is 2.33 bits per heavy atom. The molecule has 2 aliphatic carbocycles. The minimum atomic E-state index is -4.89. The van der Waals surface area contributed by atoms with Crippen LogP contribution in [-0.4, -0.2) is 6.36 Å². The maximum absolute atomic E-state index is 14.0. The quantitative estimate of drug-likeness (QED) is 0.356. The van der Waals surface area contributed by atoms with E-state index in [1.165, 1.54) is 44.2 Å². The zero-order valence-electron chi connectivity index (χ0n) is 17.5. The highest BCUT2D eigenvalue weighted by molar-refractivity contribution is 5.32. The van der Waals surface area contributed by atoms with E-state index in [1.807, 2.05) is 6.08 Å². The van der Waals surface area contributed by atoms with Gasteiger partial charge in [0.25, 0.3) is 0 Å². The van der Waals surface area contributed by atoms with Gasteiger partial charge in [0.2, 0.25) is 0 Å². The summed E-state index contributed by atoms with van der Waals surface area (Å²) < 4.78 is 54.5. The largest absolute Gasteiger partial charge is 0.573 e. The molecule has 0 aromatic heterocycles. The molecular weight excluding hydrogens is 392 g/mol. The fourth-order valence-electron chi connectivity index (χ4n) is 4.69. The zero-order chi connectivity index (χ0) is 21.6. The summed E-state index contributed by atoms with van der Waals surface area (Å²) in [5.74, 6) is 6.86. The third-order valence-electron chi connectivity index (χ3n) is 6.59. The van der Waals surface area contributed by atoms with E-state index in [9.17, 15) is 17.6 Å². The molecule has 30 heavy (non-hydrogen) atoms. The van der Waals surface area contributed by atoms with Gasteiger partial charge in [-0.25, -0.2) is 4.39 Å². The van der Waals surface area contributed by atoms with Crippen molar-refractivity contribution >= 4 is 0 Å². The fraction of sp³-hybridized carbons (Fsp3) is 0.600. The smallest absolute Gasteiger partial charge is 0.403 e. The van der Waals surface area contributed by atoms with Gasteiger partial charge in [-0.05, 0) is 92.9 Å². The van der Waals surface area contributed by atoms with Crippen LogP contribution < -0.4 is 4.74 Å². The predicted octanol–water partition coefficient (Wildman–Crippen LogP) is 7.77. The molecule has 0 bridgehead atoms. The van der Waals surface area contributed by atoms with Crippen LogP contribution in [0.3, 0.4) is 0 Å². The van der Waals surface area contributed by atoms with Crippen LogP contribution in [0.4, 0.5) is 17.6 Å². The van der Waals surface area contributed by atoms with E-state index >= 15 is 0 Å². The number of allylic oxidation sites excluding steroid dienone is 2. The molecule has 2 saturated carbocycles. The van der Waals surface area contributed by atoms with Crippen molar-refractivity contribution < 1.29 is 22.3 Å². The van der Waals surface area contributed by atoms with Gasteiger partial charge in [0, 0.05) is 5.92 Å². The van der Waals surface area contributed by atoms with Crippen molar-refractivity contribution in [2.75, 3.05) is 0 Å². The van der Waals surface area contributed by atoms with E-state index in [4.69, 9.17) is 0 Å². The summed E-state index contributed by atoms with van der Waals surface area (Å²) in [6.45, 7) is 2.27. The number of alkyl halides is 3. The Labute approximate surface area is 176 Å². The van der Waals surface area contributed by atoms with E-state index in [1.54, 1.807) is 0 Å². The van der Waals surface area contributed by atoms with Crippen LogP contribution in [0.25, 0.3) is 0 Å². The number of hydrogen-bond donors (Lipinski definition) is 0. The molecular formula is C25H30F4O. The summed E-state index contributed by atoms with van der Waals surface area (Å²) >= 11 is 0. The summed E-state index contributed by atoms with van der Waals surface area (Å²) in [5.41, 5.74) is 0.732. The number of hydrogen-bond acceptors (Lipinski definition) is 1. The fourth-order valence-corrected chi connectivity index (χ4v) is 4.69. The predicted molar refractivity (Wildman–Crippen MR) is 110 cm³/mol. The van der Waals surface area contributed by atoms with Crippen LogP contribution >= 0.6 is 0 Å². The number of halogens is 4. The van der Waals surface area contributed by atoms with Crippen LogP contribution in [0.15, 0.2) is 30.4 Å². The van der Waals surface area contributed by atoms with Crippen molar-refractivity contribution in [1.29, 1.82) is 0 Å². The number of benzene rings is 1. The molecule has 0 saturated heterocycles. The molecule has 2 aliphatic rings. The van der Waals surface area contributed by atoms with E-state index in [-0.39, 0.29) is 5.92 Å². The molecule has 2 fully saturated rings. The van der Waals surface area contributed by atoms with Gasteiger partial charge in [0.1, 0.15) is 0 Å². The molecule has 0 unspecified atom stereocenters. The summed E-state index contributed by atoms with van der Waals surface area (Å²) in [6.07, 6.45) is 9.45. The Hall–Kier alpha value is -1.96. The van der Waals surface area contributed by atoms with Gasteiger partial charge in [0.05, 0.1) is 0 Å². The highest BCUT2D eigenvalue weighted by Gasteiger charge is 2.32. The Morgan fingerprint density at radius 2 is 1.73 bits per heavy atom. The SMILES string of the molecule is CCC1CCC(/C=C/C#CC2CCC(c3ccc(OC(F)(F)F)c(F)c3)CC2)CC1. The molecule has 1 nitrogen and oxygen atoms in total. The van der Waals surface area contributed by atoms with Gasteiger partial charge in [-0.1, -0.05) is 37.3 Å². The highest BCUT2D eigenvalue weighted by Crippen LogP contribution is 2.37. The molecule has 0 spiro atoms. The maximum atomic E-state index is 14.0. The van der Waals surface area contributed by atoms with Crippen molar-refractivity contribution in [2.24, 2.45) is 17.8 Å². The Bertz CT molecular complexity index is 771. The minimum absolute atomic E-state index is 0.154. The standard InChI is InChI=1S/C25H30F4O/c1-2-18-7-9-19(10-8-18)5-3-4-6-20-11-13-21(14-12-20)22-15-16-24(23(26)17-22)30-25(27,28)29/h3,5,15-21H,2,7-14H2,1H3/b5-3+. The summed E-state index contributed by atoms with van der Waals surface area (Å²) in [6, 6.07) is 3.79. The van der Waals surface area contributed by atoms with Crippen LogP contribution in [-0.2, 0) is 0 Å². The van der Waals surface area contributed by atoms with Gasteiger partial charge in [0.15, 0.2) is 11.6 Å². The van der Waals surface area contributed by atoms with Crippen LogP contribution in [0.2, 0.25) is 0 Å². The first-order valence-electron chi connectivity index (χ1n) is 11.1. The van der Waals surface area contributed by atoms with Crippen molar-refractivity contribution in [1.82, 2.24) is 0 Å². The van der Waals surface area contributed by atoms with Crippen LogP contribution in [0.1, 0.15) is 76.2 Å². The van der Waals surface area contributed by atoms with Crippen molar-refractivity contribution in [3.63, 3.8) is 0 Å². The second kappa shape index (κ2) is 10.4. The first-order valence-corrected chi connectivity index (χ1v) is 11.1. The average Bonchev–Trinajstić information content (AvgIpc) is 2.73. The van der Waals surface area contributed by atoms with Gasteiger partial charge < -0.3 is 4.74 Å². The van der Waals surface area contributed by atoms with Gasteiger partial charge in [-0.3, -0.25) is 0 Å². The maximum Gasteiger partial charge on any atom is 0.573 e. The number of ether oxygens (including phenoxy) is 1. The molecule has 1 aromatic rings. The average molecular weight is 423 g/mol. The lowest BCUT2D eigenvalue weighted by atomic mass is 9.79. The van der Waals surface area contributed by atoms with E-state index in [0.717, 1.165) is 43.2 Å². The van der Waals surface area contributed by atoms with E-state index < -0.39 is 17.9 Å². The van der Waals surface area contributed by atoms with Crippen LogP contribution in [0.5, 0.6) is 5.75 Å². The number of rotatable bonds is 4. The van der Waals surface area contributed by atoms with Gasteiger partial charge in [-0.15, -0.1) is 13.2 Å². The van der Waals surface area contributed by atoms with Crippen molar-refractivity contribution in [3.8, 4) is 17.6 Å². The lowest BCUT2D eigenvalue weighted by Gasteiger charge is -2.26. The lowest BCUT2D eigenvalue weighted by Crippen LogP contribution is -2.18. The molecule has 1 aromatic carbocycles. The molecule has 3 rings (SSSR count). The molecule has 0 radical (unpaired) electrons. The summed E-state index contributed by atoms with van der Waals surface area (Å²) in [5, 5.41) is 0. The molecule has 0 N–H and O–H groups in total. The molecule has 0 atom stereocenters. The van der Waals surface area contributed by atoms with Crippen molar-refractivity contribution in [2.45, 2.75) is 77.0 Å². The van der Waals surface area contributed by atoms with E-state index in [0.29, 0.717) is 11.8 Å².